The third-order valence-corrected chi connectivity index (χ3v) is 5.27. The topological polar surface area (TPSA) is 141 Å². The number of phenolic OH excluding ortho intramolecular Hbond substituents is 1. The molecule has 0 aliphatic heterocycles. The number of carboxylic acid groups (broad SMARTS) is 2. The van der Waals surface area contributed by atoms with Gasteiger partial charge in [0.25, 0.3) is 0 Å². The van der Waals surface area contributed by atoms with Crippen LogP contribution in [0.5, 0.6) is 5.75 Å². The zero-order valence-corrected chi connectivity index (χ0v) is 16.6. The van der Waals surface area contributed by atoms with Crippen LogP contribution in [-0.4, -0.2) is 38.8 Å². The molecular weight excluding hydrogens is 414 g/mol. The van der Waals surface area contributed by atoms with Crippen LogP contribution in [0, 0.1) is 0 Å². The van der Waals surface area contributed by atoms with E-state index in [9.17, 15) is 29.4 Å². The summed E-state index contributed by atoms with van der Waals surface area (Å²) in [7, 11) is 0. The highest BCUT2D eigenvalue weighted by atomic mass is 16.4. The van der Waals surface area contributed by atoms with Crippen LogP contribution in [0.25, 0.3) is 0 Å². The number of carboxylic acids is 2. The predicted octanol–water partition coefficient (Wildman–Crippen LogP) is 3.11. The lowest BCUT2D eigenvalue weighted by atomic mass is 9.83. The number of rotatable bonds is 6. The summed E-state index contributed by atoms with van der Waals surface area (Å²) in [4.78, 5) is 48.0. The molecule has 32 heavy (non-hydrogen) atoms. The van der Waals surface area contributed by atoms with Crippen molar-refractivity contribution in [2.75, 3.05) is 5.32 Å². The van der Waals surface area contributed by atoms with Crippen LogP contribution in [0.1, 0.15) is 53.3 Å². The number of hydrogen-bond donors (Lipinski definition) is 4. The lowest BCUT2D eigenvalue weighted by Crippen LogP contribution is -2.21. The number of nitrogens with one attached hydrogen (secondary N) is 1. The standard InChI is InChI=1S/C24H17NO7/c26-20-10-18-17(22(29)14-3-1-2-4-15(14)23(18)30)9-19(20)25-11-12-5-6-13(8-21(27)28)16(7-12)24(31)32/h1-7,9-10,25-26H,8,11H2,(H,27,28)(H,31,32). The van der Waals surface area contributed by atoms with Crippen molar-refractivity contribution in [3.8, 4) is 5.75 Å². The molecule has 0 aromatic heterocycles. The van der Waals surface area contributed by atoms with Gasteiger partial charge in [-0.05, 0) is 29.3 Å². The minimum atomic E-state index is -1.25. The van der Waals surface area contributed by atoms with Crippen LogP contribution in [-0.2, 0) is 17.8 Å². The Morgan fingerprint density at radius 2 is 1.44 bits per heavy atom. The maximum atomic E-state index is 12.9. The van der Waals surface area contributed by atoms with E-state index in [2.05, 4.69) is 5.32 Å². The van der Waals surface area contributed by atoms with Crippen LogP contribution < -0.4 is 5.32 Å². The van der Waals surface area contributed by atoms with Crippen LogP contribution in [0.3, 0.4) is 0 Å². The normalized spacial score (nSPS) is 12.1. The summed E-state index contributed by atoms with van der Waals surface area (Å²) in [6.45, 7) is 0.0959. The number of anilines is 1. The molecule has 3 aromatic carbocycles. The molecule has 0 atom stereocenters. The average Bonchev–Trinajstić information content (AvgIpc) is 2.76. The minimum Gasteiger partial charge on any atom is -0.506 e. The van der Waals surface area contributed by atoms with Gasteiger partial charge in [0.2, 0.25) is 0 Å². The van der Waals surface area contributed by atoms with Crippen molar-refractivity contribution >= 4 is 29.2 Å². The summed E-state index contributed by atoms with van der Waals surface area (Å²) in [5.41, 5.74) is 1.64. The molecule has 0 radical (unpaired) electrons. The number of carbonyl (C=O) groups is 4. The highest BCUT2D eigenvalue weighted by molar-refractivity contribution is 6.28. The Morgan fingerprint density at radius 3 is 2.03 bits per heavy atom. The molecule has 1 aliphatic carbocycles. The van der Waals surface area contributed by atoms with E-state index in [4.69, 9.17) is 5.11 Å². The summed E-state index contributed by atoms with van der Waals surface area (Å²) in [5.74, 6) is -3.30. The Hall–Kier alpha value is -4.46. The van der Waals surface area contributed by atoms with Crippen LogP contribution in [0.4, 0.5) is 5.69 Å². The highest BCUT2D eigenvalue weighted by Crippen LogP contribution is 2.34. The fourth-order valence-corrected chi connectivity index (χ4v) is 3.72. The maximum absolute atomic E-state index is 12.9. The number of benzene rings is 3. The van der Waals surface area contributed by atoms with Crippen molar-refractivity contribution in [1.29, 1.82) is 0 Å². The van der Waals surface area contributed by atoms with Gasteiger partial charge in [0, 0.05) is 28.8 Å². The van der Waals surface area contributed by atoms with Crippen molar-refractivity contribution in [2.45, 2.75) is 13.0 Å². The van der Waals surface area contributed by atoms with Gasteiger partial charge < -0.3 is 20.6 Å². The first kappa shape index (κ1) is 20.8. The Labute approximate surface area is 181 Å². The van der Waals surface area contributed by atoms with E-state index < -0.39 is 18.4 Å². The average molecular weight is 431 g/mol. The Balaban J connectivity index is 1.62. The van der Waals surface area contributed by atoms with Gasteiger partial charge in [-0.1, -0.05) is 36.4 Å². The van der Waals surface area contributed by atoms with Crippen molar-refractivity contribution < 1.29 is 34.5 Å². The molecule has 4 N–H and O–H groups in total. The smallest absolute Gasteiger partial charge is 0.335 e. The second-order valence-corrected chi connectivity index (χ2v) is 7.34. The van der Waals surface area contributed by atoms with Crippen molar-refractivity contribution in [1.82, 2.24) is 0 Å². The van der Waals surface area contributed by atoms with Crippen molar-refractivity contribution in [3.05, 3.63) is 93.5 Å². The quantitative estimate of drug-likeness (QED) is 0.341. The van der Waals surface area contributed by atoms with E-state index in [-0.39, 0.29) is 57.4 Å². The summed E-state index contributed by atoms with van der Waals surface area (Å²) in [5, 5.41) is 31.7. The van der Waals surface area contributed by atoms with Gasteiger partial charge in [-0.25, -0.2) is 4.79 Å². The summed E-state index contributed by atoms with van der Waals surface area (Å²) < 4.78 is 0. The zero-order valence-electron chi connectivity index (χ0n) is 16.6. The Kier molecular flexibility index (Phi) is 5.19. The summed E-state index contributed by atoms with van der Waals surface area (Å²) in [6, 6.07) is 13.5. The zero-order chi connectivity index (χ0) is 23.0. The maximum Gasteiger partial charge on any atom is 0.335 e. The number of fused-ring (bicyclic) bond motifs is 2. The number of aliphatic carboxylic acids is 1. The third kappa shape index (κ3) is 3.69. The predicted molar refractivity (Wildman–Crippen MR) is 113 cm³/mol. The molecule has 0 saturated heterocycles. The molecule has 8 heteroatoms. The van der Waals surface area contributed by atoms with Gasteiger partial charge >= 0.3 is 11.9 Å². The van der Waals surface area contributed by atoms with E-state index >= 15 is 0 Å². The molecular formula is C24H17NO7. The first-order valence-corrected chi connectivity index (χ1v) is 9.62. The molecule has 0 unspecified atom stereocenters. The first-order chi connectivity index (χ1) is 15.3. The van der Waals surface area contributed by atoms with Gasteiger partial charge in [0.1, 0.15) is 5.75 Å². The molecule has 160 valence electrons. The molecule has 0 heterocycles. The molecule has 0 saturated carbocycles. The first-order valence-electron chi connectivity index (χ1n) is 9.62. The van der Waals surface area contributed by atoms with Crippen LogP contribution >= 0.6 is 0 Å². The molecule has 8 nitrogen and oxygen atoms in total. The Morgan fingerprint density at radius 1 is 0.812 bits per heavy atom. The van der Waals surface area contributed by atoms with Crippen LogP contribution in [0.15, 0.2) is 54.6 Å². The molecule has 1 aliphatic rings. The number of hydrogen-bond acceptors (Lipinski definition) is 6. The monoisotopic (exact) mass is 431 g/mol. The van der Waals surface area contributed by atoms with Gasteiger partial charge in [0.15, 0.2) is 11.6 Å². The molecule has 3 aromatic rings. The molecule has 0 spiro atoms. The van der Waals surface area contributed by atoms with E-state index in [1.165, 1.54) is 24.3 Å². The molecule has 0 amide bonds. The molecule has 4 rings (SSSR count). The van der Waals surface area contributed by atoms with Crippen LogP contribution in [0.2, 0.25) is 0 Å². The van der Waals surface area contributed by atoms with E-state index in [0.29, 0.717) is 11.1 Å². The molecule has 0 bridgehead atoms. The van der Waals surface area contributed by atoms with Gasteiger partial charge in [-0.2, -0.15) is 0 Å². The fraction of sp³-hybridized carbons (Fsp3) is 0.0833. The van der Waals surface area contributed by atoms with Crippen molar-refractivity contribution in [2.24, 2.45) is 0 Å². The SMILES string of the molecule is O=C(O)Cc1ccc(CNc2cc3c(cc2O)C(=O)c2ccccc2C3=O)cc1C(=O)O. The number of aromatic hydroxyl groups is 1. The largest absolute Gasteiger partial charge is 0.506 e. The van der Waals surface area contributed by atoms with Gasteiger partial charge in [-0.15, -0.1) is 0 Å². The number of ketones is 2. The molecule has 0 fully saturated rings. The van der Waals surface area contributed by atoms with Gasteiger partial charge in [-0.3, -0.25) is 14.4 Å². The second kappa shape index (κ2) is 7.99. The number of aromatic carboxylic acids is 1. The minimum absolute atomic E-state index is 0.0959. The number of phenols is 1. The third-order valence-electron chi connectivity index (χ3n) is 5.27. The lowest BCUT2D eigenvalue weighted by Gasteiger charge is -2.19. The second-order valence-electron chi connectivity index (χ2n) is 7.34. The number of carbonyl (C=O) groups excluding carboxylic acids is 2. The summed E-state index contributed by atoms with van der Waals surface area (Å²) in [6.07, 6.45) is -0.418. The fourth-order valence-electron chi connectivity index (χ4n) is 3.72. The van der Waals surface area contributed by atoms with E-state index in [1.807, 2.05) is 0 Å². The van der Waals surface area contributed by atoms with E-state index in [0.717, 1.165) is 0 Å². The summed E-state index contributed by atoms with van der Waals surface area (Å²) >= 11 is 0. The Bertz CT molecular complexity index is 1310. The lowest BCUT2D eigenvalue weighted by molar-refractivity contribution is -0.136. The highest BCUT2D eigenvalue weighted by Gasteiger charge is 2.30. The van der Waals surface area contributed by atoms with Gasteiger partial charge in [0.05, 0.1) is 17.7 Å². The van der Waals surface area contributed by atoms with Crippen molar-refractivity contribution in [3.63, 3.8) is 0 Å². The van der Waals surface area contributed by atoms with E-state index in [1.54, 1.807) is 30.3 Å².